The maximum absolute atomic E-state index is 14.6. The van der Waals surface area contributed by atoms with E-state index in [4.69, 9.17) is 9.47 Å². The van der Waals surface area contributed by atoms with E-state index in [0.29, 0.717) is 18.7 Å². The van der Waals surface area contributed by atoms with Crippen molar-refractivity contribution in [2.24, 2.45) is 0 Å². The number of rotatable bonds is 5. The van der Waals surface area contributed by atoms with Crippen LogP contribution < -0.4 is 5.32 Å². The summed E-state index contributed by atoms with van der Waals surface area (Å²) in [6.45, 7) is 6.04. The molecular weight excluding hydrogens is 353 g/mol. The lowest BCUT2D eigenvalue weighted by Crippen LogP contribution is -2.44. The Balaban J connectivity index is 1.96. The van der Waals surface area contributed by atoms with Crippen molar-refractivity contribution in [3.8, 4) is 6.07 Å². The Hall–Kier alpha value is -2.73. The van der Waals surface area contributed by atoms with Crippen molar-refractivity contribution in [3.05, 3.63) is 23.3 Å². The molecule has 0 aromatic carbocycles. The molecule has 27 heavy (non-hydrogen) atoms. The number of anilines is 1. The Morgan fingerprint density at radius 3 is 3.07 bits per heavy atom. The van der Waals surface area contributed by atoms with E-state index in [2.05, 4.69) is 15.4 Å². The smallest absolute Gasteiger partial charge is 0.303 e. The SMILES string of the molecule is CCC(C)c1c(C#N)c(F)c2cnc(NC3CCOCC3OC(C)=O)nn12. The molecule has 3 heterocycles. The first-order valence-electron chi connectivity index (χ1n) is 8.95. The highest BCUT2D eigenvalue weighted by molar-refractivity contribution is 5.66. The maximum Gasteiger partial charge on any atom is 0.303 e. The van der Waals surface area contributed by atoms with Gasteiger partial charge in [-0.3, -0.25) is 4.79 Å². The maximum atomic E-state index is 14.6. The van der Waals surface area contributed by atoms with Gasteiger partial charge in [0, 0.05) is 13.5 Å². The minimum Gasteiger partial charge on any atom is -0.458 e. The number of hydrogen-bond acceptors (Lipinski definition) is 7. The van der Waals surface area contributed by atoms with Crippen molar-refractivity contribution in [3.63, 3.8) is 0 Å². The molecule has 0 spiro atoms. The second-order valence-corrected chi connectivity index (χ2v) is 6.64. The monoisotopic (exact) mass is 375 g/mol. The third kappa shape index (κ3) is 3.71. The lowest BCUT2D eigenvalue weighted by atomic mass is 10.0. The predicted molar refractivity (Wildman–Crippen MR) is 94.8 cm³/mol. The normalized spacial score (nSPS) is 20.9. The molecule has 2 aromatic rings. The summed E-state index contributed by atoms with van der Waals surface area (Å²) in [5, 5.41) is 16.9. The third-order valence-corrected chi connectivity index (χ3v) is 4.79. The van der Waals surface area contributed by atoms with E-state index in [0.717, 1.165) is 6.42 Å². The first-order valence-corrected chi connectivity index (χ1v) is 8.95. The van der Waals surface area contributed by atoms with Crippen LogP contribution in [0.5, 0.6) is 0 Å². The minimum atomic E-state index is -0.608. The van der Waals surface area contributed by atoms with Gasteiger partial charge in [-0.1, -0.05) is 13.8 Å². The number of hydrogen-bond donors (Lipinski definition) is 1. The van der Waals surface area contributed by atoms with Gasteiger partial charge in [-0.05, 0) is 18.8 Å². The fourth-order valence-corrected chi connectivity index (χ4v) is 3.22. The number of nitrogens with zero attached hydrogens (tertiary/aromatic N) is 4. The molecule has 1 aliphatic rings. The summed E-state index contributed by atoms with van der Waals surface area (Å²) in [7, 11) is 0. The van der Waals surface area contributed by atoms with Crippen molar-refractivity contribution < 1.29 is 18.7 Å². The number of halogens is 1. The molecule has 1 aliphatic heterocycles. The molecule has 0 radical (unpaired) electrons. The van der Waals surface area contributed by atoms with E-state index >= 15 is 0 Å². The molecule has 3 atom stereocenters. The standard InChI is InChI=1S/C18H22FN5O3/c1-4-10(2)17-12(7-20)16(19)14-8-21-18(23-24(14)17)22-13-5-6-26-9-15(13)27-11(3)25/h8,10,13,15H,4-6,9H2,1-3H3,(H,22,23). The Labute approximate surface area is 156 Å². The van der Waals surface area contributed by atoms with E-state index in [1.54, 1.807) is 0 Å². The number of esters is 1. The van der Waals surface area contributed by atoms with Crippen molar-refractivity contribution in [1.82, 2.24) is 14.6 Å². The Morgan fingerprint density at radius 1 is 1.63 bits per heavy atom. The summed E-state index contributed by atoms with van der Waals surface area (Å²) in [4.78, 5) is 15.5. The number of nitriles is 1. The first-order chi connectivity index (χ1) is 13.0. The molecule has 9 heteroatoms. The van der Waals surface area contributed by atoms with Crippen molar-refractivity contribution in [2.75, 3.05) is 18.5 Å². The van der Waals surface area contributed by atoms with Crippen LogP contribution in [-0.4, -0.2) is 45.9 Å². The molecule has 0 aliphatic carbocycles. The average Bonchev–Trinajstić information content (AvgIpc) is 2.93. The number of nitrogens with one attached hydrogen (secondary N) is 1. The molecule has 144 valence electrons. The zero-order valence-corrected chi connectivity index (χ0v) is 15.5. The van der Waals surface area contributed by atoms with Crippen LogP contribution in [0, 0.1) is 17.1 Å². The van der Waals surface area contributed by atoms with Gasteiger partial charge in [-0.15, -0.1) is 5.10 Å². The van der Waals surface area contributed by atoms with Crippen LogP contribution in [0.2, 0.25) is 0 Å². The Kier molecular flexibility index (Phi) is 5.56. The van der Waals surface area contributed by atoms with Gasteiger partial charge in [0.25, 0.3) is 0 Å². The molecule has 3 unspecified atom stereocenters. The average molecular weight is 375 g/mol. The zero-order valence-electron chi connectivity index (χ0n) is 15.5. The second kappa shape index (κ2) is 7.88. The summed E-state index contributed by atoms with van der Waals surface area (Å²) in [5.74, 6) is -0.769. The van der Waals surface area contributed by atoms with Crippen LogP contribution in [0.4, 0.5) is 10.3 Å². The molecule has 0 amide bonds. The Morgan fingerprint density at radius 2 is 2.41 bits per heavy atom. The largest absolute Gasteiger partial charge is 0.458 e. The fraction of sp³-hybridized carbons (Fsp3) is 0.556. The number of carbonyl (C=O) groups excluding carboxylic acids is 1. The number of ether oxygens (including phenoxy) is 2. The van der Waals surface area contributed by atoms with Crippen LogP contribution >= 0.6 is 0 Å². The van der Waals surface area contributed by atoms with Crippen LogP contribution in [0.15, 0.2) is 6.20 Å². The van der Waals surface area contributed by atoms with Gasteiger partial charge in [0.2, 0.25) is 5.95 Å². The second-order valence-electron chi connectivity index (χ2n) is 6.64. The van der Waals surface area contributed by atoms with Crippen LogP contribution in [-0.2, 0) is 14.3 Å². The summed E-state index contributed by atoms with van der Waals surface area (Å²) >= 11 is 0. The lowest BCUT2D eigenvalue weighted by molar-refractivity contribution is -0.153. The zero-order chi connectivity index (χ0) is 19.6. The summed E-state index contributed by atoms with van der Waals surface area (Å²) in [5.41, 5.74) is 0.692. The Bertz CT molecular complexity index is 891. The van der Waals surface area contributed by atoms with Crippen LogP contribution in [0.3, 0.4) is 0 Å². The lowest BCUT2D eigenvalue weighted by Gasteiger charge is -2.31. The van der Waals surface area contributed by atoms with Crippen molar-refractivity contribution in [1.29, 1.82) is 5.26 Å². The molecule has 8 nitrogen and oxygen atoms in total. The quantitative estimate of drug-likeness (QED) is 0.801. The van der Waals surface area contributed by atoms with E-state index in [-0.39, 0.29) is 41.6 Å². The summed E-state index contributed by atoms with van der Waals surface area (Å²) < 4.78 is 26.7. The molecule has 1 saturated heterocycles. The predicted octanol–water partition coefficient (Wildman–Crippen LogP) is 2.39. The van der Waals surface area contributed by atoms with Gasteiger partial charge in [0.1, 0.15) is 23.3 Å². The van der Waals surface area contributed by atoms with Crippen molar-refractivity contribution in [2.45, 2.75) is 51.7 Å². The van der Waals surface area contributed by atoms with Gasteiger partial charge >= 0.3 is 5.97 Å². The van der Waals surface area contributed by atoms with Crippen molar-refractivity contribution >= 4 is 17.4 Å². The van der Waals surface area contributed by atoms with Gasteiger partial charge < -0.3 is 14.8 Å². The first kappa shape index (κ1) is 19.0. The molecule has 0 bridgehead atoms. The van der Waals surface area contributed by atoms with Gasteiger partial charge in [-0.25, -0.2) is 13.9 Å². The molecule has 3 rings (SSSR count). The number of carbonyl (C=O) groups is 1. The highest BCUT2D eigenvalue weighted by Crippen LogP contribution is 2.29. The number of aromatic nitrogens is 3. The van der Waals surface area contributed by atoms with Gasteiger partial charge in [0.05, 0.1) is 24.5 Å². The number of fused-ring (bicyclic) bond motifs is 1. The van der Waals surface area contributed by atoms with Crippen LogP contribution in [0.25, 0.3) is 5.52 Å². The van der Waals surface area contributed by atoms with E-state index in [9.17, 15) is 14.4 Å². The summed E-state index contributed by atoms with van der Waals surface area (Å²) in [6.07, 6.45) is 2.25. The topological polar surface area (TPSA) is 102 Å². The van der Waals surface area contributed by atoms with E-state index in [1.165, 1.54) is 17.6 Å². The molecule has 1 fully saturated rings. The highest BCUT2D eigenvalue weighted by atomic mass is 19.1. The van der Waals surface area contributed by atoms with E-state index < -0.39 is 11.9 Å². The van der Waals surface area contributed by atoms with Gasteiger partial charge in [0.15, 0.2) is 5.82 Å². The highest BCUT2D eigenvalue weighted by Gasteiger charge is 2.30. The fourth-order valence-electron chi connectivity index (χ4n) is 3.22. The molecule has 0 saturated carbocycles. The third-order valence-electron chi connectivity index (χ3n) is 4.79. The van der Waals surface area contributed by atoms with Gasteiger partial charge in [-0.2, -0.15) is 5.26 Å². The summed E-state index contributed by atoms with van der Waals surface area (Å²) in [6, 6.07) is 1.72. The van der Waals surface area contributed by atoms with E-state index in [1.807, 2.05) is 19.9 Å². The van der Waals surface area contributed by atoms with Crippen LogP contribution in [0.1, 0.15) is 50.8 Å². The molecule has 1 N–H and O–H groups in total. The minimum absolute atomic E-state index is 0.000319. The molecular formula is C18H22FN5O3. The molecule has 2 aromatic heterocycles.